The fourth-order valence-electron chi connectivity index (χ4n) is 1.78. The molecule has 1 N–H and O–H groups in total. The zero-order valence-corrected chi connectivity index (χ0v) is 10.6. The van der Waals surface area contributed by atoms with Crippen LogP contribution in [0.5, 0.6) is 0 Å². The zero-order chi connectivity index (χ0) is 11.6. The molecule has 0 aliphatic carbocycles. The molecule has 4 heteroatoms. The van der Waals surface area contributed by atoms with Crippen molar-refractivity contribution in [2.75, 3.05) is 21.1 Å². The van der Waals surface area contributed by atoms with Gasteiger partial charge >= 0.3 is 0 Å². The van der Waals surface area contributed by atoms with E-state index in [4.69, 9.17) is 0 Å². The second-order valence-corrected chi connectivity index (χ2v) is 4.72. The van der Waals surface area contributed by atoms with Crippen molar-refractivity contribution in [1.82, 2.24) is 20.0 Å². The molecule has 0 saturated heterocycles. The number of aromatic nitrogens is 2. The maximum Gasteiger partial charge on any atom is 0.0538 e. The third kappa shape index (κ3) is 2.38. The van der Waals surface area contributed by atoms with E-state index in [9.17, 15) is 0 Å². The molecule has 0 saturated carbocycles. The predicted octanol–water partition coefficient (Wildman–Crippen LogP) is 1.02. The van der Waals surface area contributed by atoms with Gasteiger partial charge in [-0.2, -0.15) is 5.10 Å². The Bertz CT molecular complexity index is 314. The minimum atomic E-state index is 0.0534. The number of hydrogen-bond donors (Lipinski definition) is 1. The Balaban J connectivity index is 2.98. The lowest BCUT2D eigenvalue weighted by Gasteiger charge is -2.39. The quantitative estimate of drug-likeness (QED) is 0.805. The first-order valence-electron chi connectivity index (χ1n) is 5.23. The van der Waals surface area contributed by atoms with Crippen molar-refractivity contribution >= 4 is 0 Å². The standard InChI is InChI=1S/C11H22N4/c1-11(2,14(4)5)10(12-3)9-7-13-15(6)8-9/h7-8,10,12H,1-6H3. The van der Waals surface area contributed by atoms with Crippen molar-refractivity contribution in [1.29, 1.82) is 0 Å². The van der Waals surface area contributed by atoms with Gasteiger partial charge in [0.2, 0.25) is 0 Å². The highest BCUT2D eigenvalue weighted by molar-refractivity contribution is 5.16. The van der Waals surface area contributed by atoms with Gasteiger partial charge in [0.05, 0.1) is 12.2 Å². The summed E-state index contributed by atoms with van der Waals surface area (Å²) in [5.41, 5.74) is 1.27. The molecule has 0 aliphatic heterocycles. The van der Waals surface area contributed by atoms with Crippen molar-refractivity contribution in [2.45, 2.75) is 25.4 Å². The number of nitrogens with one attached hydrogen (secondary N) is 1. The van der Waals surface area contributed by atoms with Gasteiger partial charge in [-0.1, -0.05) is 0 Å². The molecule has 4 nitrogen and oxygen atoms in total. The predicted molar refractivity (Wildman–Crippen MR) is 62.8 cm³/mol. The lowest BCUT2D eigenvalue weighted by molar-refractivity contribution is 0.142. The molecule has 0 aromatic carbocycles. The molecule has 1 atom stereocenters. The molecule has 15 heavy (non-hydrogen) atoms. The number of hydrogen-bond acceptors (Lipinski definition) is 3. The van der Waals surface area contributed by atoms with Gasteiger partial charge in [0, 0.05) is 24.3 Å². The summed E-state index contributed by atoms with van der Waals surface area (Å²) in [4.78, 5) is 2.22. The van der Waals surface area contributed by atoms with Crippen molar-refractivity contribution in [3.8, 4) is 0 Å². The van der Waals surface area contributed by atoms with Crippen LogP contribution in [0, 0.1) is 0 Å². The number of likely N-dealkylation sites (N-methyl/N-ethyl adjacent to an activating group) is 2. The summed E-state index contributed by atoms with van der Waals surface area (Å²) in [5.74, 6) is 0. The lowest BCUT2D eigenvalue weighted by Crippen LogP contribution is -2.48. The van der Waals surface area contributed by atoms with E-state index in [0.717, 1.165) is 0 Å². The fraction of sp³-hybridized carbons (Fsp3) is 0.727. The largest absolute Gasteiger partial charge is 0.311 e. The summed E-state index contributed by atoms with van der Waals surface area (Å²) in [6.45, 7) is 4.45. The monoisotopic (exact) mass is 210 g/mol. The van der Waals surface area contributed by atoms with Crippen molar-refractivity contribution < 1.29 is 0 Å². The molecule has 0 radical (unpaired) electrons. The summed E-state index contributed by atoms with van der Waals surface area (Å²) in [5, 5.41) is 7.57. The molecular formula is C11H22N4. The van der Waals surface area contributed by atoms with Crippen LogP contribution in [-0.2, 0) is 7.05 Å². The Hall–Kier alpha value is -0.870. The average molecular weight is 210 g/mol. The summed E-state index contributed by atoms with van der Waals surface area (Å²) >= 11 is 0. The third-order valence-electron chi connectivity index (χ3n) is 3.21. The van der Waals surface area contributed by atoms with Crippen molar-refractivity contribution in [3.63, 3.8) is 0 Å². The SMILES string of the molecule is CNC(c1cnn(C)c1)C(C)(C)N(C)C. The van der Waals surface area contributed by atoms with E-state index in [2.05, 4.69) is 49.5 Å². The Morgan fingerprint density at radius 2 is 2.07 bits per heavy atom. The first-order chi connectivity index (χ1) is 6.89. The van der Waals surface area contributed by atoms with Gasteiger partial charge in [0.1, 0.15) is 0 Å². The van der Waals surface area contributed by atoms with Gasteiger partial charge in [-0.05, 0) is 35.0 Å². The Kier molecular flexibility index (Phi) is 3.52. The Labute approximate surface area is 92.3 Å². The molecule has 86 valence electrons. The Morgan fingerprint density at radius 3 is 2.40 bits per heavy atom. The Morgan fingerprint density at radius 1 is 1.47 bits per heavy atom. The maximum atomic E-state index is 4.22. The normalized spacial score (nSPS) is 14.6. The molecule has 0 amide bonds. The van der Waals surface area contributed by atoms with Crippen LogP contribution in [0.15, 0.2) is 12.4 Å². The average Bonchev–Trinajstić information content (AvgIpc) is 2.52. The second kappa shape index (κ2) is 4.33. The fourth-order valence-corrected chi connectivity index (χ4v) is 1.78. The minimum absolute atomic E-state index is 0.0534. The van der Waals surface area contributed by atoms with E-state index in [1.807, 2.05) is 25.0 Å². The molecule has 1 rings (SSSR count). The van der Waals surface area contributed by atoms with Crippen LogP contribution in [0.3, 0.4) is 0 Å². The van der Waals surface area contributed by atoms with Gasteiger partial charge in [-0.3, -0.25) is 4.68 Å². The molecular weight excluding hydrogens is 188 g/mol. The van der Waals surface area contributed by atoms with Crippen LogP contribution in [0.2, 0.25) is 0 Å². The molecule has 0 bridgehead atoms. The van der Waals surface area contributed by atoms with E-state index in [1.165, 1.54) is 5.56 Å². The number of aryl methyl sites for hydroxylation is 1. The highest BCUT2D eigenvalue weighted by Gasteiger charge is 2.32. The molecule has 1 unspecified atom stereocenters. The van der Waals surface area contributed by atoms with Gasteiger partial charge in [0.15, 0.2) is 0 Å². The van der Waals surface area contributed by atoms with Crippen LogP contribution in [-0.4, -0.2) is 41.4 Å². The first kappa shape index (κ1) is 12.2. The molecule has 1 aromatic heterocycles. The van der Waals surface area contributed by atoms with Gasteiger partial charge in [0.25, 0.3) is 0 Å². The van der Waals surface area contributed by atoms with Crippen LogP contribution >= 0.6 is 0 Å². The molecule has 1 heterocycles. The maximum absolute atomic E-state index is 4.22. The summed E-state index contributed by atoms with van der Waals surface area (Å²) in [7, 11) is 8.13. The number of nitrogens with zero attached hydrogens (tertiary/aromatic N) is 3. The van der Waals surface area contributed by atoms with E-state index in [1.54, 1.807) is 0 Å². The summed E-state index contributed by atoms with van der Waals surface area (Å²) in [6.07, 6.45) is 3.98. The first-order valence-corrected chi connectivity index (χ1v) is 5.23. The second-order valence-electron chi connectivity index (χ2n) is 4.72. The van der Waals surface area contributed by atoms with Gasteiger partial charge < -0.3 is 10.2 Å². The van der Waals surface area contributed by atoms with E-state index < -0.39 is 0 Å². The summed E-state index contributed by atoms with van der Waals surface area (Å²) in [6, 6.07) is 0.279. The van der Waals surface area contributed by atoms with Crippen LogP contribution in [0.25, 0.3) is 0 Å². The molecule has 1 aromatic rings. The van der Waals surface area contributed by atoms with Crippen LogP contribution < -0.4 is 5.32 Å². The highest BCUT2D eigenvalue weighted by Crippen LogP contribution is 2.28. The van der Waals surface area contributed by atoms with Crippen molar-refractivity contribution in [2.24, 2.45) is 7.05 Å². The van der Waals surface area contributed by atoms with Gasteiger partial charge in [-0.15, -0.1) is 0 Å². The van der Waals surface area contributed by atoms with Crippen LogP contribution in [0.4, 0.5) is 0 Å². The van der Waals surface area contributed by atoms with E-state index >= 15 is 0 Å². The minimum Gasteiger partial charge on any atom is -0.311 e. The smallest absolute Gasteiger partial charge is 0.0538 e. The van der Waals surface area contributed by atoms with Gasteiger partial charge in [-0.25, -0.2) is 0 Å². The lowest BCUT2D eigenvalue weighted by atomic mass is 9.89. The third-order valence-corrected chi connectivity index (χ3v) is 3.21. The molecule has 0 fully saturated rings. The van der Waals surface area contributed by atoms with E-state index in [0.29, 0.717) is 0 Å². The topological polar surface area (TPSA) is 33.1 Å². The van der Waals surface area contributed by atoms with E-state index in [-0.39, 0.29) is 11.6 Å². The number of rotatable bonds is 4. The highest BCUT2D eigenvalue weighted by atomic mass is 15.2. The molecule has 0 spiro atoms. The summed E-state index contributed by atoms with van der Waals surface area (Å²) < 4.78 is 1.84. The van der Waals surface area contributed by atoms with Crippen molar-refractivity contribution in [3.05, 3.63) is 18.0 Å². The molecule has 0 aliphatic rings. The zero-order valence-electron chi connectivity index (χ0n) is 10.6. The van der Waals surface area contributed by atoms with Crippen LogP contribution in [0.1, 0.15) is 25.5 Å².